The number of rotatable bonds is 7. The molecule has 0 radical (unpaired) electrons. The molecule has 9 heteroatoms. The lowest BCUT2D eigenvalue weighted by Gasteiger charge is -2.17. The van der Waals surface area contributed by atoms with E-state index in [4.69, 9.17) is 0 Å². The van der Waals surface area contributed by atoms with Crippen LogP contribution in [0.25, 0.3) is 0 Å². The molecule has 0 amide bonds. The molecule has 2 N–H and O–H groups in total. The summed E-state index contributed by atoms with van der Waals surface area (Å²) in [5.74, 6) is 0.849. The van der Waals surface area contributed by atoms with Crippen molar-refractivity contribution in [2.24, 2.45) is 12.0 Å². The quantitative estimate of drug-likeness (QED) is 0.372. The molecule has 1 heterocycles. The fourth-order valence-corrected chi connectivity index (χ4v) is 2.51. The first-order valence-electron chi connectivity index (χ1n) is 7.01. The molecule has 1 unspecified atom stereocenters. The van der Waals surface area contributed by atoms with Crippen LogP contribution in [0.2, 0.25) is 0 Å². The van der Waals surface area contributed by atoms with Crippen molar-refractivity contribution in [3.8, 4) is 0 Å². The van der Waals surface area contributed by atoms with Crippen molar-refractivity contribution in [3.05, 3.63) is 18.0 Å². The SMILES string of the molecule is CCNC(=NCc1ccnn1C)NC(C)CCS(C)(=O)=O.I. The van der Waals surface area contributed by atoms with Crippen LogP contribution in [0.5, 0.6) is 0 Å². The van der Waals surface area contributed by atoms with Crippen LogP contribution in [0.15, 0.2) is 17.3 Å². The molecule has 128 valence electrons. The first-order valence-corrected chi connectivity index (χ1v) is 9.07. The third-order valence-electron chi connectivity index (χ3n) is 2.97. The van der Waals surface area contributed by atoms with Gasteiger partial charge in [0.15, 0.2) is 5.96 Å². The normalized spacial score (nSPS) is 13.4. The summed E-state index contributed by atoms with van der Waals surface area (Å²) in [5, 5.41) is 10.5. The van der Waals surface area contributed by atoms with Crippen molar-refractivity contribution in [3.63, 3.8) is 0 Å². The van der Waals surface area contributed by atoms with Crippen molar-refractivity contribution < 1.29 is 8.42 Å². The maximum atomic E-state index is 11.2. The Morgan fingerprint density at radius 3 is 2.68 bits per heavy atom. The van der Waals surface area contributed by atoms with Crippen molar-refractivity contribution >= 4 is 39.8 Å². The molecule has 0 saturated carbocycles. The van der Waals surface area contributed by atoms with Gasteiger partial charge in [0.25, 0.3) is 0 Å². The van der Waals surface area contributed by atoms with Crippen LogP contribution in [0.4, 0.5) is 0 Å². The molecule has 22 heavy (non-hydrogen) atoms. The number of hydrogen-bond donors (Lipinski definition) is 2. The van der Waals surface area contributed by atoms with Crippen LogP contribution in [0.3, 0.4) is 0 Å². The molecule has 0 aromatic carbocycles. The highest BCUT2D eigenvalue weighted by molar-refractivity contribution is 14.0. The Morgan fingerprint density at radius 1 is 1.50 bits per heavy atom. The van der Waals surface area contributed by atoms with Crippen LogP contribution in [0.1, 0.15) is 26.0 Å². The second kappa shape index (κ2) is 10.0. The number of aliphatic imine (C=N–C) groups is 1. The number of guanidine groups is 1. The fraction of sp³-hybridized carbons (Fsp3) is 0.692. The maximum absolute atomic E-state index is 11.2. The number of hydrogen-bond acceptors (Lipinski definition) is 4. The van der Waals surface area contributed by atoms with Crippen LogP contribution in [-0.2, 0) is 23.4 Å². The molecule has 1 aromatic rings. The highest BCUT2D eigenvalue weighted by Crippen LogP contribution is 1.99. The molecule has 0 spiro atoms. The van der Waals surface area contributed by atoms with Gasteiger partial charge in [0.1, 0.15) is 9.84 Å². The van der Waals surface area contributed by atoms with Gasteiger partial charge in [-0.3, -0.25) is 4.68 Å². The standard InChI is InChI=1S/C13H25N5O2S.HI/c1-5-14-13(15-10-12-6-8-16-18(12)3)17-11(2)7-9-21(4,19)20;/h6,8,11H,5,7,9-10H2,1-4H3,(H2,14,15,17);1H. The molecule has 0 aliphatic carbocycles. The van der Waals surface area contributed by atoms with E-state index in [0.29, 0.717) is 18.9 Å². The van der Waals surface area contributed by atoms with E-state index in [0.717, 1.165) is 12.2 Å². The van der Waals surface area contributed by atoms with Crippen molar-refractivity contribution in [1.82, 2.24) is 20.4 Å². The monoisotopic (exact) mass is 443 g/mol. The molecular formula is C13H26IN5O2S. The molecule has 7 nitrogen and oxygen atoms in total. The van der Waals surface area contributed by atoms with Gasteiger partial charge in [0.05, 0.1) is 18.0 Å². The van der Waals surface area contributed by atoms with Gasteiger partial charge in [-0.25, -0.2) is 13.4 Å². The van der Waals surface area contributed by atoms with E-state index in [1.54, 1.807) is 10.9 Å². The Bertz CT molecular complexity index is 571. The van der Waals surface area contributed by atoms with Gasteiger partial charge in [-0.05, 0) is 26.3 Å². The predicted octanol–water partition coefficient (Wildman–Crippen LogP) is 0.916. The summed E-state index contributed by atoms with van der Waals surface area (Å²) in [7, 11) is -1.06. The minimum atomic E-state index is -2.93. The fourth-order valence-electron chi connectivity index (χ4n) is 1.73. The number of sulfone groups is 1. The average Bonchev–Trinajstić information content (AvgIpc) is 2.79. The van der Waals surface area contributed by atoms with E-state index < -0.39 is 9.84 Å². The van der Waals surface area contributed by atoms with Crippen molar-refractivity contribution in [2.75, 3.05) is 18.6 Å². The van der Waals surface area contributed by atoms with Crippen molar-refractivity contribution in [1.29, 1.82) is 0 Å². The van der Waals surface area contributed by atoms with Gasteiger partial charge in [-0.1, -0.05) is 0 Å². The van der Waals surface area contributed by atoms with Gasteiger partial charge in [0.2, 0.25) is 0 Å². The summed E-state index contributed by atoms with van der Waals surface area (Å²) in [6.45, 7) is 5.20. The molecule has 0 bridgehead atoms. The van der Waals surface area contributed by atoms with Gasteiger partial charge < -0.3 is 10.6 Å². The Balaban J connectivity index is 0.00000441. The zero-order chi connectivity index (χ0) is 15.9. The Hall–Kier alpha value is -0.840. The number of nitrogens with one attached hydrogen (secondary N) is 2. The molecule has 0 aliphatic heterocycles. The van der Waals surface area contributed by atoms with Crippen LogP contribution >= 0.6 is 24.0 Å². The highest BCUT2D eigenvalue weighted by Gasteiger charge is 2.09. The molecule has 1 rings (SSSR count). The smallest absolute Gasteiger partial charge is 0.191 e. The molecule has 0 saturated heterocycles. The number of aromatic nitrogens is 2. The summed E-state index contributed by atoms with van der Waals surface area (Å²) in [6, 6.07) is 1.95. The predicted molar refractivity (Wildman–Crippen MR) is 100 cm³/mol. The van der Waals surface area contributed by atoms with E-state index in [1.165, 1.54) is 6.26 Å². The first-order chi connectivity index (χ1) is 9.81. The second-order valence-corrected chi connectivity index (χ2v) is 7.37. The van der Waals surface area contributed by atoms with E-state index in [9.17, 15) is 8.42 Å². The zero-order valence-corrected chi connectivity index (χ0v) is 16.7. The summed E-state index contributed by atoms with van der Waals surface area (Å²) in [4.78, 5) is 4.49. The van der Waals surface area contributed by atoms with Gasteiger partial charge in [-0.15, -0.1) is 24.0 Å². The molecule has 1 aromatic heterocycles. The van der Waals surface area contributed by atoms with E-state index >= 15 is 0 Å². The zero-order valence-electron chi connectivity index (χ0n) is 13.5. The minimum Gasteiger partial charge on any atom is -0.357 e. The average molecular weight is 443 g/mol. The maximum Gasteiger partial charge on any atom is 0.191 e. The Kier molecular flexibility index (Phi) is 9.65. The van der Waals surface area contributed by atoms with Crippen molar-refractivity contribution in [2.45, 2.75) is 32.9 Å². The molecule has 0 aliphatic rings. The number of nitrogens with zero attached hydrogens (tertiary/aromatic N) is 3. The van der Waals surface area contributed by atoms with Gasteiger partial charge in [-0.2, -0.15) is 5.10 Å². The minimum absolute atomic E-state index is 0. The summed E-state index contributed by atoms with van der Waals surface area (Å²) >= 11 is 0. The number of halogens is 1. The van der Waals surface area contributed by atoms with Gasteiger partial charge >= 0.3 is 0 Å². The lowest BCUT2D eigenvalue weighted by molar-refractivity contribution is 0.581. The number of aryl methyl sites for hydroxylation is 1. The summed E-state index contributed by atoms with van der Waals surface area (Å²) < 4.78 is 24.1. The lowest BCUT2D eigenvalue weighted by atomic mass is 10.3. The third-order valence-corrected chi connectivity index (χ3v) is 3.95. The van der Waals surface area contributed by atoms with Crippen LogP contribution < -0.4 is 10.6 Å². The largest absolute Gasteiger partial charge is 0.357 e. The highest BCUT2D eigenvalue weighted by atomic mass is 127. The van der Waals surface area contributed by atoms with Crippen LogP contribution in [-0.4, -0.2) is 48.8 Å². The Morgan fingerprint density at radius 2 is 2.18 bits per heavy atom. The second-order valence-electron chi connectivity index (χ2n) is 5.11. The summed E-state index contributed by atoms with van der Waals surface area (Å²) in [6.07, 6.45) is 3.54. The van der Waals surface area contributed by atoms with Crippen LogP contribution in [0, 0.1) is 0 Å². The van der Waals surface area contributed by atoms with Gasteiger partial charge in [0, 0.05) is 32.1 Å². The molecular weight excluding hydrogens is 417 g/mol. The lowest BCUT2D eigenvalue weighted by Crippen LogP contribution is -2.42. The molecule has 1 atom stereocenters. The summed E-state index contributed by atoms with van der Waals surface area (Å²) in [5.41, 5.74) is 1.01. The molecule has 0 fully saturated rings. The topological polar surface area (TPSA) is 88.4 Å². The first kappa shape index (κ1) is 21.2. The van der Waals surface area contributed by atoms with E-state index in [-0.39, 0.29) is 35.8 Å². The Labute approximate surface area is 149 Å². The third kappa shape index (κ3) is 8.57. The van der Waals surface area contributed by atoms with E-state index in [2.05, 4.69) is 20.7 Å². The van der Waals surface area contributed by atoms with E-state index in [1.807, 2.05) is 27.0 Å².